The molecular formula is C16H22N2O2. The molecule has 2 aliphatic rings. The summed E-state index contributed by atoms with van der Waals surface area (Å²) in [7, 11) is 0. The van der Waals surface area contributed by atoms with Crippen molar-refractivity contribution in [1.29, 1.82) is 0 Å². The molecule has 0 saturated heterocycles. The van der Waals surface area contributed by atoms with Crippen molar-refractivity contribution >= 4 is 11.8 Å². The van der Waals surface area contributed by atoms with Crippen LogP contribution in [0.5, 0.6) is 0 Å². The number of anilines is 1. The van der Waals surface area contributed by atoms with Gasteiger partial charge in [0.2, 0.25) is 0 Å². The zero-order valence-electron chi connectivity index (χ0n) is 12.2. The molecular weight excluding hydrogens is 252 g/mol. The summed E-state index contributed by atoms with van der Waals surface area (Å²) < 4.78 is 0. The van der Waals surface area contributed by atoms with E-state index in [2.05, 4.69) is 24.1 Å². The largest absolute Gasteiger partial charge is 0.478 e. The predicted molar refractivity (Wildman–Crippen MR) is 78.2 cm³/mol. The van der Waals surface area contributed by atoms with Crippen molar-refractivity contribution in [2.45, 2.75) is 46.0 Å². The predicted octanol–water partition coefficient (Wildman–Crippen LogP) is 3.12. The van der Waals surface area contributed by atoms with Crippen molar-refractivity contribution in [3.05, 3.63) is 22.9 Å². The molecule has 0 aliphatic heterocycles. The van der Waals surface area contributed by atoms with E-state index in [-0.39, 0.29) is 0 Å². The highest BCUT2D eigenvalue weighted by Crippen LogP contribution is 2.51. The second-order valence-corrected chi connectivity index (χ2v) is 6.52. The molecule has 20 heavy (non-hydrogen) atoms. The van der Waals surface area contributed by atoms with E-state index in [0.29, 0.717) is 22.7 Å². The van der Waals surface area contributed by atoms with E-state index in [4.69, 9.17) is 0 Å². The molecule has 1 fully saturated rings. The van der Waals surface area contributed by atoms with Gasteiger partial charge in [0.05, 0.1) is 0 Å². The molecule has 108 valence electrons. The molecule has 0 aromatic carbocycles. The van der Waals surface area contributed by atoms with E-state index in [9.17, 15) is 9.90 Å². The molecule has 1 aromatic heterocycles. The molecule has 0 amide bonds. The lowest BCUT2D eigenvalue weighted by atomic mass is 9.92. The number of carbonyl (C=O) groups is 1. The van der Waals surface area contributed by atoms with E-state index in [0.717, 1.165) is 37.1 Å². The van der Waals surface area contributed by atoms with Gasteiger partial charge in [-0.25, -0.2) is 9.78 Å². The van der Waals surface area contributed by atoms with Gasteiger partial charge >= 0.3 is 5.97 Å². The van der Waals surface area contributed by atoms with Crippen molar-refractivity contribution in [2.24, 2.45) is 11.3 Å². The smallest absolute Gasteiger partial charge is 0.339 e. The van der Waals surface area contributed by atoms with E-state index in [1.165, 1.54) is 12.8 Å². The van der Waals surface area contributed by atoms with Crippen LogP contribution in [-0.4, -0.2) is 22.6 Å². The molecule has 0 unspecified atom stereocenters. The Bertz CT molecular complexity index is 548. The fourth-order valence-corrected chi connectivity index (χ4v) is 3.15. The topological polar surface area (TPSA) is 62.2 Å². The number of fused-ring (bicyclic) bond motifs is 1. The zero-order chi connectivity index (χ0) is 14.3. The molecule has 0 spiro atoms. The van der Waals surface area contributed by atoms with Crippen LogP contribution in [0.1, 0.15) is 54.7 Å². The lowest BCUT2D eigenvalue weighted by molar-refractivity contribution is 0.0697. The second kappa shape index (κ2) is 4.76. The normalized spacial score (nSPS) is 18.9. The minimum absolute atomic E-state index is 0.324. The highest BCUT2D eigenvalue weighted by molar-refractivity contribution is 5.93. The minimum atomic E-state index is -0.885. The van der Waals surface area contributed by atoms with Crippen LogP contribution >= 0.6 is 0 Å². The summed E-state index contributed by atoms with van der Waals surface area (Å²) in [6.45, 7) is 5.31. The Morgan fingerprint density at radius 1 is 1.45 bits per heavy atom. The number of nitrogens with zero attached hydrogens (tertiary/aromatic N) is 1. The van der Waals surface area contributed by atoms with Gasteiger partial charge < -0.3 is 10.4 Å². The molecule has 0 radical (unpaired) electrons. The number of hydrogen-bond donors (Lipinski definition) is 2. The van der Waals surface area contributed by atoms with Gasteiger partial charge in [-0.15, -0.1) is 0 Å². The quantitative estimate of drug-likeness (QED) is 0.866. The van der Waals surface area contributed by atoms with Crippen molar-refractivity contribution < 1.29 is 9.90 Å². The molecule has 4 nitrogen and oxygen atoms in total. The van der Waals surface area contributed by atoms with Crippen LogP contribution in [0.4, 0.5) is 5.82 Å². The van der Waals surface area contributed by atoms with Gasteiger partial charge in [0.15, 0.2) is 0 Å². The number of nitrogens with one attached hydrogen (secondary N) is 1. The molecule has 2 aliphatic carbocycles. The van der Waals surface area contributed by atoms with Gasteiger partial charge in [-0.2, -0.15) is 0 Å². The van der Waals surface area contributed by atoms with Gasteiger partial charge in [-0.05, 0) is 55.1 Å². The number of aromatic nitrogens is 1. The van der Waals surface area contributed by atoms with Gasteiger partial charge in [0.25, 0.3) is 0 Å². The number of hydrogen-bond acceptors (Lipinski definition) is 3. The van der Waals surface area contributed by atoms with Gasteiger partial charge in [0.1, 0.15) is 11.4 Å². The molecule has 1 heterocycles. The monoisotopic (exact) mass is 274 g/mol. The molecule has 4 heteroatoms. The minimum Gasteiger partial charge on any atom is -0.478 e. The number of pyridine rings is 1. The van der Waals surface area contributed by atoms with Crippen molar-refractivity contribution in [2.75, 3.05) is 11.9 Å². The summed E-state index contributed by atoms with van der Waals surface area (Å²) in [6, 6.07) is 1.81. The SMILES string of the molecule is CC(C)C1(CNc2nc3c(cc2C(=O)O)CCC3)CC1. The average Bonchev–Trinajstić information content (AvgIpc) is 3.06. The zero-order valence-corrected chi connectivity index (χ0v) is 12.2. The number of carboxylic acids is 1. The van der Waals surface area contributed by atoms with E-state index in [1.54, 1.807) is 0 Å². The standard InChI is InChI=1S/C16H22N2O2/c1-10(2)16(6-7-16)9-17-14-12(15(19)20)8-11-4-3-5-13(11)18-14/h8,10H,3-7,9H2,1-2H3,(H,17,18)(H,19,20). The van der Waals surface area contributed by atoms with Gasteiger partial charge in [-0.3, -0.25) is 0 Å². The average molecular weight is 274 g/mol. The van der Waals surface area contributed by atoms with E-state index in [1.807, 2.05) is 6.07 Å². The Labute approximate surface area is 119 Å². The number of aryl methyl sites for hydroxylation is 2. The van der Waals surface area contributed by atoms with Crippen LogP contribution in [0.15, 0.2) is 6.07 Å². The number of aromatic carboxylic acids is 1. The molecule has 0 bridgehead atoms. The summed E-state index contributed by atoms with van der Waals surface area (Å²) in [6.07, 6.45) is 5.47. The van der Waals surface area contributed by atoms with E-state index < -0.39 is 5.97 Å². The first-order valence-electron chi connectivity index (χ1n) is 7.52. The Hall–Kier alpha value is -1.58. The summed E-state index contributed by atoms with van der Waals surface area (Å²) in [5.74, 6) is 0.298. The van der Waals surface area contributed by atoms with Crippen LogP contribution in [0.3, 0.4) is 0 Å². The van der Waals surface area contributed by atoms with Crippen molar-refractivity contribution in [3.63, 3.8) is 0 Å². The Morgan fingerprint density at radius 2 is 2.20 bits per heavy atom. The molecule has 1 aromatic rings. The Balaban J connectivity index is 1.83. The maximum absolute atomic E-state index is 11.4. The van der Waals surface area contributed by atoms with Crippen molar-refractivity contribution in [3.8, 4) is 0 Å². The second-order valence-electron chi connectivity index (χ2n) is 6.52. The number of carboxylic acid groups (broad SMARTS) is 1. The van der Waals surface area contributed by atoms with E-state index >= 15 is 0 Å². The fourth-order valence-electron chi connectivity index (χ4n) is 3.15. The first-order chi connectivity index (χ1) is 9.52. The van der Waals surface area contributed by atoms with Crippen LogP contribution in [0, 0.1) is 11.3 Å². The summed E-state index contributed by atoms with van der Waals surface area (Å²) in [5, 5.41) is 12.7. The maximum atomic E-state index is 11.4. The van der Waals surface area contributed by atoms with Crippen LogP contribution < -0.4 is 5.32 Å². The molecule has 3 rings (SSSR count). The van der Waals surface area contributed by atoms with Crippen LogP contribution in [0.2, 0.25) is 0 Å². The van der Waals surface area contributed by atoms with Crippen LogP contribution in [-0.2, 0) is 12.8 Å². The fraction of sp³-hybridized carbons (Fsp3) is 0.625. The van der Waals surface area contributed by atoms with Crippen molar-refractivity contribution in [1.82, 2.24) is 4.98 Å². The third-order valence-electron chi connectivity index (χ3n) is 5.01. The lowest BCUT2D eigenvalue weighted by Gasteiger charge is -2.21. The molecule has 2 N–H and O–H groups in total. The first-order valence-corrected chi connectivity index (χ1v) is 7.52. The number of rotatable bonds is 5. The Kier molecular flexibility index (Phi) is 3.19. The maximum Gasteiger partial charge on any atom is 0.339 e. The van der Waals surface area contributed by atoms with Gasteiger partial charge in [-0.1, -0.05) is 13.8 Å². The summed E-state index contributed by atoms with van der Waals surface area (Å²) in [5.41, 5.74) is 2.85. The molecule has 0 atom stereocenters. The molecule has 1 saturated carbocycles. The summed E-state index contributed by atoms with van der Waals surface area (Å²) in [4.78, 5) is 16.0. The Morgan fingerprint density at radius 3 is 2.80 bits per heavy atom. The highest BCUT2D eigenvalue weighted by atomic mass is 16.4. The van der Waals surface area contributed by atoms with Gasteiger partial charge in [0, 0.05) is 12.2 Å². The third-order valence-corrected chi connectivity index (χ3v) is 5.01. The summed E-state index contributed by atoms with van der Waals surface area (Å²) >= 11 is 0. The third kappa shape index (κ3) is 2.28. The first kappa shape index (κ1) is 13.4. The lowest BCUT2D eigenvalue weighted by Crippen LogP contribution is -2.22. The highest BCUT2D eigenvalue weighted by Gasteiger charge is 2.45. The van der Waals surface area contributed by atoms with Crippen LogP contribution in [0.25, 0.3) is 0 Å².